The molecule has 7 nitrogen and oxygen atoms in total. The third kappa shape index (κ3) is 11.6. The van der Waals surface area contributed by atoms with Crippen LogP contribution in [0.5, 0.6) is 0 Å². The van der Waals surface area contributed by atoms with Crippen molar-refractivity contribution in [3.63, 3.8) is 0 Å². The van der Waals surface area contributed by atoms with E-state index < -0.39 is 18.0 Å². The van der Waals surface area contributed by atoms with E-state index in [9.17, 15) is 19.2 Å². The first-order chi connectivity index (χ1) is 26.7. The molecule has 5 rings (SSSR count). The van der Waals surface area contributed by atoms with Gasteiger partial charge in [-0.05, 0) is 117 Å². The number of carboxylic acid groups (broad SMARTS) is 1. The van der Waals surface area contributed by atoms with Crippen LogP contribution < -0.4 is 0 Å². The van der Waals surface area contributed by atoms with Crippen LogP contribution in [0.4, 0.5) is 0 Å². The third-order valence-corrected chi connectivity index (χ3v) is 18.0. The van der Waals surface area contributed by atoms with Crippen LogP contribution in [0.15, 0.2) is 11.6 Å². The molecule has 0 aromatic carbocycles. The monoisotopic (exact) mass is 803 g/mol. The highest BCUT2D eigenvalue weighted by atomic mass is 33.1. The molecule has 3 saturated carbocycles. The SMILES string of the molecule is [2H]C[C@@H]1C[C@@H](OC(=O)CCC(=O)O)CN1C(=O)CCCCCCC(=O)CCSS[C@H]1CC[C@@]2(C)C(=CCC3C2CC[C@@]2(C)C3CC[C@@H]2[C@H](C)CCCC(C)C)C1. The Hall–Kier alpha value is -1.48. The number of hydrogen-bond acceptors (Lipinski definition) is 7. The zero-order valence-corrected chi connectivity index (χ0v) is 36.6. The second-order valence-corrected chi connectivity index (χ2v) is 22.0. The number of ether oxygens (including phenoxy) is 1. The van der Waals surface area contributed by atoms with Crippen molar-refractivity contribution in [1.82, 2.24) is 4.90 Å². The average molecular weight is 803 g/mol. The second kappa shape index (κ2) is 20.5. The maximum atomic E-state index is 12.9. The van der Waals surface area contributed by atoms with Crippen LogP contribution in [0.1, 0.15) is 178 Å². The molecule has 1 saturated heterocycles. The highest BCUT2D eigenvalue weighted by Crippen LogP contribution is 2.67. The fourth-order valence-electron chi connectivity index (χ4n) is 12.0. The van der Waals surface area contributed by atoms with Crippen molar-refractivity contribution in [1.29, 1.82) is 0 Å². The van der Waals surface area contributed by atoms with Crippen molar-refractivity contribution in [3.05, 3.63) is 11.6 Å². The van der Waals surface area contributed by atoms with E-state index in [1.165, 1.54) is 70.6 Å². The number of carbonyl (C=O) groups is 4. The minimum atomic E-state index is -1.05. The molecule has 0 bridgehead atoms. The summed E-state index contributed by atoms with van der Waals surface area (Å²) in [5.74, 6) is 4.83. The summed E-state index contributed by atoms with van der Waals surface area (Å²) in [7, 11) is 3.94. The molecule has 9 heteroatoms. The number of rotatable bonds is 21. The Morgan fingerprint density at radius 1 is 0.927 bits per heavy atom. The summed E-state index contributed by atoms with van der Waals surface area (Å²) >= 11 is 0. The van der Waals surface area contributed by atoms with Gasteiger partial charge in [-0.15, -0.1) is 0 Å². The van der Waals surface area contributed by atoms with Gasteiger partial charge < -0.3 is 14.7 Å². The lowest BCUT2D eigenvalue weighted by Crippen LogP contribution is -2.50. The smallest absolute Gasteiger partial charge is 0.306 e. The van der Waals surface area contributed by atoms with Gasteiger partial charge in [-0.3, -0.25) is 19.2 Å². The molecule has 4 fully saturated rings. The number of ketones is 1. The summed E-state index contributed by atoms with van der Waals surface area (Å²) in [4.78, 5) is 49.9. The molecule has 3 unspecified atom stereocenters. The van der Waals surface area contributed by atoms with Crippen molar-refractivity contribution in [2.24, 2.45) is 46.3 Å². The number of amides is 1. The van der Waals surface area contributed by atoms with Gasteiger partial charge in [0.25, 0.3) is 0 Å². The highest BCUT2D eigenvalue weighted by Gasteiger charge is 2.59. The number of fused-ring (bicyclic) bond motifs is 5. The van der Waals surface area contributed by atoms with Gasteiger partial charge in [0.05, 0.1) is 19.4 Å². The number of unbranched alkanes of at least 4 members (excludes halogenated alkanes) is 3. The first kappa shape index (κ1) is 43.1. The lowest BCUT2D eigenvalue weighted by Gasteiger charge is -2.58. The number of carbonyl (C=O) groups excluding carboxylic acids is 3. The summed E-state index contributed by atoms with van der Waals surface area (Å²) < 4.78 is 13.2. The fraction of sp³-hybridized carbons (Fsp3) is 0.870. The van der Waals surface area contributed by atoms with E-state index in [4.69, 9.17) is 11.2 Å². The molecule has 0 aromatic rings. The number of nitrogens with zero attached hydrogens (tertiary/aromatic N) is 1. The Morgan fingerprint density at radius 3 is 2.45 bits per heavy atom. The Kier molecular flexibility index (Phi) is 16.0. The summed E-state index contributed by atoms with van der Waals surface area (Å²) in [6, 6.07) is -0.282. The van der Waals surface area contributed by atoms with Gasteiger partial charge in [-0.25, -0.2) is 0 Å². The maximum absolute atomic E-state index is 12.9. The number of carboxylic acids is 1. The molecule has 1 aliphatic heterocycles. The molecule has 1 N–H and O–H groups in total. The van der Waals surface area contributed by atoms with Gasteiger partial charge in [0.1, 0.15) is 11.9 Å². The van der Waals surface area contributed by atoms with E-state index >= 15 is 0 Å². The van der Waals surface area contributed by atoms with Gasteiger partial charge in [0.15, 0.2) is 0 Å². The molecule has 4 aliphatic carbocycles. The second-order valence-electron chi connectivity index (χ2n) is 19.2. The predicted molar refractivity (Wildman–Crippen MR) is 227 cm³/mol. The molecule has 1 amide bonds. The van der Waals surface area contributed by atoms with Crippen molar-refractivity contribution >= 4 is 45.2 Å². The van der Waals surface area contributed by atoms with Crippen LogP contribution in [0.25, 0.3) is 0 Å². The molecule has 0 radical (unpaired) electrons. The highest BCUT2D eigenvalue weighted by molar-refractivity contribution is 8.76. The quantitative estimate of drug-likeness (QED) is 0.0530. The van der Waals surface area contributed by atoms with Crippen LogP contribution in [0, 0.1) is 46.3 Å². The lowest BCUT2D eigenvalue weighted by molar-refractivity contribution is -0.152. The molecule has 10 atom stereocenters. The molecule has 312 valence electrons. The summed E-state index contributed by atoms with van der Waals surface area (Å²) in [6.45, 7) is 13.0. The first-order valence-corrected chi connectivity index (χ1v) is 24.6. The number of aliphatic carboxylic acids is 1. The average Bonchev–Trinajstić information content (AvgIpc) is 3.74. The van der Waals surface area contributed by atoms with Gasteiger partial charge in [-0.2, -0.15) is 0 Å². The topological polar surface area (TPSA) is 101 Å². The van der Waals surface area contributed by atoms with E-state index in [0.29, 0.717) is 47.5 Å². The Morgan fingerprint density at radius 2 is 1.71 bits per heavy atom. The van der Waals surface area contributed by atoms with Gasteiger partial charge in [-0.1, -0.05) is 100.0 Å². The minimum Gasteiger partial charge on any atom is -0.481 e. The van der Waals surface area contributed by atoms with E-state index in [0.717, 1.165) is 66.9 Å². The minimum absolute atomic E-state index is 0.0277. The number of hydrogen-bond donors (Lipinski definition) is 1. The van der Waals surface area contributed by atoms with E-state index in [1.807, 2.05) is 21.6 Å². The molecule has 0 aromatic heterocycles. The van der Waals surface area contributed by atoms with E-state index in [2.05, 4.69) is 40.7 Å². The van der Waals surface area contributed by atoms with Crippen LogP contribution >= 0.6 is 21.6 Å². The van der Waals surface area contributed by atoms with Crippen molar-refractivity contribution in [2.75, 3.05) is 12.3 Å². The molecule has 0 spiro atoms. The standard InChI is InChI=1S/C46H75NO6S2/c1-31(2)12-11-13-32(3)39-18-19-40-38-17-16-34-29-37(22-25-45(34,5)41(38)23-26-46(39,40)6)55-54-27-24-35(48)14-9-7-8-10-15-42(49)47-30-36(28-33(47)4)53-44(52)21-20-43(50)51/h16,31-33,36-41H,7-15,17-30H2,1-6H3,(H,50,51)/t32-,33-,36-,37+,38?,39-,40?,41?,45+,46-/m1/s1/i4D. The molecule has 5 aliphatic rings. The van der Waals surface area contributed by atoms with Crippen molar-refractivity contribution in [3.8, 4) is 0 Å². The Labute approximate surface area is 343 Å². The fourth-order valence-corrected chi connectivity index (χ4v) is 14.6. The van der Waals surface area contributed by atoms with Crippen LogP contribution in [-0.4, -0.2) is 63.3 Å². The number of esters is 1. The molecule has 1 heterocycles. The van der Waals surface area contributed by atoms with Crippen LogP contribution in [-0.2, 0) is 23.9 Å². The number of likely N-dealkylation sites (tertiary alicyclic amines) is 1. The van der Waals surface area contributed by atoms with E-state index in [1.54, 1.807) is 10.5 Å². The van der Waals surface area contributed by atoms with Crippen molar-refractivity contribution in [2.45, 2.75) is 194 Å². The number of allylic oxidation sites excluding steroid dienone is 2. The maximum Gasteiger partial charge on any atom is 0.306 e. The van der Waals surface area contributed by atoms with Crippen molar-refractivity contribution < 1.29 is 30.4 Å². The molecule has 55 heavy (non-hydrogen) atoms. The molecular weight excluding hydrogens is 727 g/mol. The van der Waals surface area contributed by atoms with Gasteiger partial charge in [0.2, 0.25) is 5.91 Å². The Bertz CT molecular complexity index is 1370. The normalized spacial score (nSPS) is 33.6. The lowest BCUT2D eigenvalue weighted by atomic mass is 9.47. The van der Waals surface area contributed by atoms with E-state index in [-0.39, 0.29) is 38.2 Å². The van der Waals surface area contributed by atoms with Crippen LogP contribution in [0.3, 0.4) is 0 Å². The molecular formula is C46H75NO6S2. The summed E-state index contributed by atoms with van der Waals surface area (Å²) in [5, 5.41) is 9.43. The zero-order valence-electron chi connectivity index (χ0n) is 36.0. The zero-order chi connectivity index (χ0) is 40.5. The third-order valence-electron chi connectivity index (χ3n) is 15.1. The summed E-state index contributed by atoms with van der Waals surface area (Å²) in [5.41, 5.74) is 2.70. The largest absolute Gasteiger partial charge is 0.481 e. The number of Topliss-reactive ketones (excluding diaryl/α,β-unsaturated/α-hetero) is 1. The summed E-state index contributed by atoms with van der Waals surface area (Å²) in [6.07, 6.45) is 22.4. The van der Waals surface area contributed by atoms with Gasteiger partial charge >= 0.3 is 11.9 Å². The van der Waals surface area contributed by atoms with Crippen LogP contribution in [0.2, 0.25) is 0 Å². The Balaban J connectivity index is 0.938. The van der Waals surface area contributed by atoms with Gasteiger partial charge in [0, 0.05) is 44.1 Å². The predicted octanol–water partition coefficient (Wildman–Crippen LogP) is 11.5. The first-order valence-electron chi connectivity index (χ1n) is 22.9.